The van der Waals surface area contributed by atoms with E-state index in [-0.39, 0.29) is 21.7 Å². The van der Waals surface area contributed by atoms with E-state index in [2.05, 4.69) is 4.90 Å². The quantitative estimate of drug-likeness (QED) is 0.776. The van der Waals surface area contributed by atoms with Gasteiger partial charge in [0, 0.05) is 24.7 Å². The molecule has 0 radical (unpaired) electrons. The van der Waals surface area contributed by atoms with Crippen molar-refractivity contribution in [2.45, 2.75) is 41.5 Å². The summed E-state index contributed by atoms with van der Waals surface area (Å²) in [6.07, 6.45) is 4.57. The van der Waals surface area contributed by atoms with Gasteiger partial charge in [-0.05, 0) is 75.2 Å². The number of amides is 1. The van der Waals surface area contributed by atoms with E-state index in [1.807, 2.05) is 4.90 Å². The zero-order chi connectivity index (χ0) is 19.6. The average Bonchev–Trinajstić information content (AvgIpc) is 3.41. The van der Waals surface area contributed by atoms with Gasteiger partial charge in [0.05, 0.1) is 9.79 Å². The summed E-state index contributed by atoms with van der Waals surface area (Å²) >= 11 is 0. The minimum atomic E-state index is -3.56. The van der Waals surface area contributed by atoms with Crippen LogP contribution >= 0.6 is 0 Å². The highest BCUT2D eigenvalue weighted by molar-refractivity contribution is 7.91. The van der Waals surface area contributed by atoms with E-state index in [1.165, 1.54) is 12.8 Å². The fourth-order valence-corrected chi connectivity index (χ4v) is 5.52. The second kappa shape index (κ2) is 8.05. The number of hydrogen-bond donors (Lipinski definition) is 0. The first kappa shape index (κ1) is 19.2. The van der Waals surface area contributed by atoms with Crippen LogP contribution in [-0.2, 0) is 9.84 Å². The third-order valence-electron chi connectivity index (χ3n) is 5.77. The van der Waals surface area contributed by atoms with E-state index in [4.69, 9.17) is 0 Å². The lowest BCUT2D eigenvalue weighted by Gasteiger charge is -2.28. The van der Waals surface area contributed by atoms with Gasteiger partial charge in [0.15, 0.2) is 0 Å². The normalized spacial score (nSPS) is 20.6. The van der Waals surface area contributed by atoms with Gasteiger partial charge in [-0.1, -0.05) is 18.2 Å². The number of likely N-dealkylation sites (tertiary alicyclic amines) is 2. The lowest BCUT2D eigenvalue weighted by Crippen LogP contribution is -2.42. The molecule has 0 bridgehead atoms. The van der Waals surface area contributed by atoms with Gasteiger partial charge in [0.25, 0.3) is 5.91 Å². The fourth-order valence-electron chi connectivity index (χ4n) is 4.23. The number of hydrogen-bond acceptors (Lipinski definition) is 4. The number of benzene rings is 2. The molecule has 1 amide bonds. The number of sulfone groups is 1. The zero-order valence-corrected chi connectivity index (χ0v) is 16.8. The molecule has 0 unspecified atom stereocenters. The smallest absolute Gasteiger partial charge is 0.254 e. The standard InChI is InChI=1S/C22H26N2O3S/c25-22(24-16-6-7-19(24)17-23-14-4-5-15-23)18-10-12-21(13-11-18)28(26,27)20-8-2-1-3-9-20/h1-3,8-13,19H,4-7,14-17H2/t19-/m0/s1. The van der Waals surface area contributed by atoms with Gasteiger partial charge in [0.1, 0.15) is 0 Å². The first-order chi connectivity index (χ1) is 13.6. The maximum absolute atomic E-state index is 13.0. The fraction of sp³-hybridized carbons (Fsp3) is 0.409. The van der Waals surface area contributed by atoms with E-state index < -0.39 is 9.84 Å². The lowest BCUT2D eigenvalue weighted by molar-refractivity contribution is 0.0708. The SMILES string of the molecule is O=C(c1ccc(S(=O)(=O)c2ccccc2)cc1)N1CCC[C@H]1CN1CCCC1. The molecular weight excluding hydrogens is 372 g/mol. The third-order valence-corrected chi connectivity index (χ3v) is 7.56. The molecule has 2 aromatic rings. The summed E-state index contributed by atoms with van der Waals surface area (Å²) in [5, 5.41) is 0. The Balaban J connectivity index is 1.49. The summed E-state index contributed by atoms with van der Waals surface area (Å²) in [6.45, 7) is 3.99. The molecule has 0 saturated carbocycles. The summed E-state index contributed by atoms with van der Waals surface area (Å²) < 4.78 is 25.4. The molecule has 2 aromatic carbocycles. The summed E-state index contributed by atoms with van der Waals surface area (Å²) in [4.78, 5) is 17.9. The van der Waals surface area contributed by atoms with Crippen LogP contribution in [-0.4, -0.2) is 56.3 Å². The zero-order valence-electron chi connectivity index (χ0n) is 16.0. The van der Waals surface area contributed by atoms with Gasteiger partial charge in [-0.2, -0.15) is 0 Å². The summed E-state index contributed by atoms with van der Waals surface area (Å²) in [7, 11) is -3.56. The van der Waals surface area contributed by atoms with E-state index in [0.29, 0.717) is 5.56 Å². The molecule has 4 rings (SSSR count). The average molecular weight is 399 g/mol. The van der Waals surface area contributed by atoms with Crippen LogP contribution in [0.1, 0.15) is 36.0 Å². The molecule has 2 saturated heterocycles. The Labute approximate surface area is 166 Å². The topological polar surface area (TPSA) is 57.7 Å². The van der Waals surface area contributed by atoms with Crippen LogP contribution in [0.3, 0.4) is 0 Å². The van der Waals surface area contributed by atoms with Crippen LogP contribution in [0, 0.1) is 0 Å². The van der Waals surface area contributed by atoms with E-state index in [0.717, 1.165) is 39.0 Å². The molecule has 2 aliphatic heterocycles. The predicted molar refractivity (Wildman–Crippen MR) is 108 cm³/mol. The highest BCUT2D eigenvalue weighted by Gasteiger charge is 2.31. The Bertz CT molecular complexity index is 920. The van der Waals surface area contributed by atoms with Crippen molar-refractivity contribution in [1.82, 2.24) is 9.80 Å². The summed E-state index contributed by atoms with van der Waals surface area (Å²) in [5.41, 5.74) is 0.556. The monoisotopic (exact) mass is 398 g/mol. The van der Waals surface area contributed by atoms with Crippen molar-refractivity contribution in [3.63, 3.8) is 0 Å². The second-order valence-electron chi connectivity index (χ2n) is 7.64. The van der Waals surface area contributed by atoms with Crippen LogP contribution in [0.5, 0.6) is 0 Å². The maximum Gasteiger partial charge on any atom is 0.254 e. The van der Waals surface area contributed by atoms with Crippen LogP contribution in [0.4, 0.5) is 0 Å². The first-order valence-corrected chi connectivity index (χ1v) is 11.5. The van der Waals surface area contributed by atoms with Crippen LogP contribution < -0.4 is 0 Å². The highest BCUT2D eigenvalue weighted by Crippen LogP contribution is 2.25. The van der Waals surface area contributed by atoms with Crippen molar-refractivity contribution >= 4 is 15.7 Å². The van der Waals surface area contributed by atoms with Gasteiger partial charge < -0.3 is 9.80 Å². The van der Waals surface area contributed by atoms with Gasteiger partial charge in [-0.3, -0.25) is 4.79 Å². The number of nitrogens with zero attached hydrogens (tertiary/aromatic N) is 2. The van der Waals surface area contributed by atoms with Crippen molar-refractivity contribution in [1.29, 1.82) is 0 Å². The van der Waals surface area contributed by atoms with Crippen molar-refractivity contribution in [3.05, 3.63) is 60.2 Å². The molecule has 28 heavy (non-hydrogen) atoms. The number of carbonyl (C=O) groups is 1. The predicted octanol–water partition coefficient (Wildman–Crippen LogP) is 3.22. The minimum absolute atomic E-state index is 0.00496. The van der Waals surface area contributed by atoms with Gasteiger partial charge in [-0.25, -0.2) is 8.42 Å². The molecule has 2 aliphatic rings. The summed E-state index contributed by atoms with van der Waals surface area (Å²) in [6, 6.07) is 15.0. The molecule has 1 atom stereocenters. The molecular formula is C22H26N2O3S. The minimum Gasteiger partial charge on any atom is -0.334 e. The molecule has 5 nitrogen and oxygen atoms in total. The van der Waals surface area contributed by atoms with Crippen molar-refractivity contribution < 1.29 is 13.2 Å². The maximum atomic E-state index is 13.0. The molecule has 0 spiro atoms. The largest absolute Gasteiger partial charge is 0.334 e. The first-order valence-electron chi connectivity index (χ1n) is 9.99. The molecule has 2 fully saturated rings. The number of rotatable bonds is 5. The number of carbonyl (C=O) groups excluding carboxylic acids is 1. The Morgan fingerprint density at radius 2 is 1.50 bits per heavy atom. The Morgan fingerprint density at radius 1 is 0.857 bits per heavy atom. The van der Waals surface area contributed by atoms with Gasteiger partial charge >= 0.3 is 0 Å². The molecule has 6 heteroatoms. The van der Waals surface area contributed by atoms with Gasteiger partial charge in [-0.15, -0.1) is 0 Å². The Morgan fingerprint density at radius 3 is 2.18 bits per heavy atom. The van der Waals surface area contributed by atoms with E-state index in [1.54, 1.807) is 54.6 Å². The van der Waals surface area contributed by atoms with E-state index >= 15 is 0 Å². The molecule has 0 aromatic heterocycles. The molecule has 0 N–H and O–H groups in total. The van der Waals surface area contributed by atoms with Crippen molar-refractivity contribution in [2.75, 3.05) is 26.2 Å². The van der Waals surface area contributed by atoms with Gasteiger partial charge in [0.2, 0.25) is 9.84 Å². The Kier molecular flexibility index (Phi) is 5.51. The Hall–Kier alpha value is -2.18. The third kappa shape index (κ3) is 3.84. The molecule has 0 aliphatic carbocycles. The van der Waals surface area contributed by atoms with Crippen molar-refractivity contribution in [2.24, 2.45) is 0 Å². The van der Waals surface area contributed by atoms with Crippen molar-refractivity contribution in [3.8, 4) is 0 Å². The van der Waals surface area contributed by atoms with E-state index in [9.17, 15) is 13.2 Å². The summed E-state index contributed by atoms with van der Waals surface area (Å²) in [5.74, 6) is 0.00496. The highest BCUT2D eigenvalue weighted by atomic mass is 32.2. The van der Waals surface area contributed by atoms with Crippen LogP contribution in [0.2, 0.25) is 0 Å². The lowest BCUT2D eigenvalue weighted by atomic mass is 10.1. The molecule has 2 heterocycles. The molecule has 148 valence electrons. The second-order valence-corrected chi connectivity index (χ2v) is 9.59. The van der Waals surface area contributed by atoms with Crippen LogP contribution in [0.25, 0.3) is 0 Å². The van der Waals surface area contributed by atoms with Crippen LogP contribution in [0.15, 0.2) is 64.4 Å².